The van der Waals surface area contributed by atoms with Crippen molar-refractivity contribution in [3.8, 4) is 0 Å². The largest absolute Gasteiger partial charge is 0.357 e. The Kier molecular flexibility index (Phi) is 7.55. The van der Waals surface area contributed by atoms with E-state index in [4.69, 9.17) is 0 Å². The highest BCUT2D eigenvalue weighted by molar-refractivity contribution is 14.0. The van der Waals surface area contributed by atoms with Gasteiger partial charge in [-0.3, -0.25) is 19.5 Å². The van der Waals surface area contributed by atoms with E-state index in [1.165, 1.54) is 4.90 Å². The maximum atomic E-state index is 12.4. The van der Waals surface area contributed by atoms with Crippen LogP contribution in [-0.2, 0) is 0 Å². The summed E-state index contributed by atoms with van der Waals surface area (Å²) in [6, 6.07) is 6.98. The number of nitrogens with zero attached hydrogens (tertiary/aromatic N) is 3. The number of aliphatic imine (C=N–C) groups is 1. The Hall–Kier alpha value is -1.29. The van der Waals surface area contributed by atoms with Crippen molar-refractivity contribution >= 4 is 53.5 Å². The number of fused-ring (bicyclic) bond motifs is 1. The van der Waals surface area contributed by atoms with Crippen LogP contribution in [0.3, 0.4) is 0 Å². The number of hydrogen-bond donors (Lipinski definition) is 1. The highest BCUT2D eigenvalue weighted by Gasteiger charge is 2.34. The van der Waals surface area contributed by atoms with Crippen LogP contribution in [-0.4, -0.2) is 70.8 Å². The predicted molar refractivity (Wildman–Crippen MR) is 121 cm³/mol. The third-order valence-corrected chi connectivity index (χ3v) is 5.82. The number of benzene rings is 1. The topological polar surface area (TPSA) is 65.0 Å². The zero-order valence-corrected chi connectivity index (χ0v) is 19.2. The normalized spacial score (nSPS) is 19.0. The molecule has 1 aromatic rings. The fraction of sp³-hybridized carbons (Fsp3) is 0.526. The van der Waals surface area contributed by atoms with Gasteiger partial charge in [0.25, 0.3) is 11.8 Å². The van der Waals surface area contributed by atoms with E-state index in [2.05, 4.69) is 29.1 Å². The molecule has 1 N–H and O–H groups in total. The number of hydrogen-bond acceptors (Lipinski definition) is 4. The van der Waals surface area contributed by atoms with Gasteiger partial charge >= 0.3 is 0 Å². The van der Waals surface area contributed by atoms with Crippen molar-refractivity contribution in [3.63, 3.8) is 0 Å². The molecule has 3 rings (SSSR count). The first-order chi connectivity index (χ1) is 12.4. The number of halogens is 1. The van der Waals surface area contributed by atoms with Gasteiger partial charge < -0.3 is 10.2 Å². The molecule has 0 saturated carbocycles. The van der Waals surface area contributed by atoms with E-state index in [1.54, 1.807) is 24.3 Å². The maximum Gasteiger partial charge on any atom is 0.261 e. The lowest BCUT2D eigenvalue weighted by Crippen LogP contribution is -2.51. The van der Waals surface area contributed by atoms with Crippen molar-refractivity contribution in [3.05, 3.63) is 35.4 Å². The molecule has 1 fully saturated rings. The van der Waals surface area contributed by atoms with E-state index in [1.807, 2.05) is 18.7 Å². The standard InChI is InChI=1S/C19H26N4O2S.HI/c1-4-20-18(22-11-12-26-19(2,3)13-22)21-9-10-23-16(24)14-7-5-6-8-15(14)17(23)25;/h5-8H,4,9-13H2,1-3H3,(H,20,21);1H. The van der Waals surface area contributed by atoms with Crippen LogP contribution >= 0.6 is 35.7 Å². The first kappa shape index (κ1) is 22.0. The summed E-state index contributed by atoms with van der Waals surface area (Å²) in [5.74, 6) is 1.48. The van der Waals surface area contributed by atoms with Crippen molar-refractivity contribution < 1.29 is 9.59 Å². The molecule has 0 unspecified atom stereocenters. The van der Waals surface area contributed by atoms with E-state index < -0.39 is 0 Å². The lowest BCUT2D eigenvalue weighted by molar-refractivity contribution is 0.0659. The Bertz CT molecular complexity index is 703. The van der Waals surface area contributed by atoms with Gasteiger partial charge in [-0.2, -0.15) is 11.8 Å². The lowest BCUT2D eigenvalue weighted by atomic mass is 10.1. The van der Waals surface area contributed by atoms with Crippen LogP contribution in [0, 0.1) is 0 Å². The molecule has 0 radical (unpaired) electrons. The van der Waals surface area contributed by atoms with Gasteiger partial charge in [0, 0.05) is 36.7 Å². The molecule has 27 heavy (non-hydrogen) atoms. The Morgan fingerprint density at radius 3 is 2.41 bits per heavy atom. The fourth-order valence-corrected chi connectivity index (χ4v) is 4.43. The number of thioether (sulfide) groups is 1. The average Bonchev–Trinajstić information content (AvgIpc) is 2.85. The van der Waals surface area contributed by atoms with Gasteiger partial charge in [-0.1, -0.05) is 12.1 Å². The summed E-state index contributed by atoms with van der Waals surface area (Å²) in [7, 11) is 0. The monoisotopic (exact) mass is 502 g/mol. The molecule has 6 nitrogen and oxygen atoms in total. The minimum absolute atomic E-state index is 0. The van der Waals surface area contributed by atoms with Crippen molar-refractivity contribution in [2.24, 2.45) is 4.99 Å². The number of guanidine groups is 1. The van der Waals surface area contributed by atoms with E-state index in [9.17, 15) is 9.59 Å². The lowest BCUT2D eigenvalue weighted by Gasteiger charge is -2.39. The van der Waals surface area contributed by atoms with Crippen LogP contribution < -0.4 is 5.32 Å². The van der Waals surface area contributed by atoms with Crippen molar-refractivity contribution in [1.29, 1.82) is 0 Å². The van der Waals surface area contributed by atoms with E-state index in [-0.39, 0.29) is 40.5 Å². The smallest absolute Gasteiger partial charge is 0.261 e. The van der Waals surface area contributed by atoms with Gasteiger partial charge in [-0.15, -0.1) is 24.0 Å². The number of imide groups is 1. The molecule has 0 bridgehead atoms. The van der Waals surface area contributed by atoms with Gasteiger partial charge in [0.1, 0.15) is 0 Å². The summed E-state index contributed by atoms with van der Waals surface area (Å²) < 4.78 is 0.191. The van der Waals surface area contributed by atoms with E-state index in [0.29, 0.717) is 24.2 Å². The fourth-order valence-electron chi connectivity index (χ4n) is 3.32. The molecule has 2 aliphatic heterocycles. The summed E-state index contributed by atoms with van der Waals surface area (Å²) in [6.07, 6.45) is 0. The molecular weight excluding hydrogens is 475 g/mol. The van der Waals surface area contributed by atoms with Crippen molar-refractivity contribution in [2.75, 3.05) is 38.5 Å². The van der Waals surface area contributed by atoms with Crippen LogP contribution in [0.15, 0.2) is 29.3 Å². The summed E-state index contributed by atoms with van der Waals surface area (Å²) in [6.45, 7) is 9.90. The molecular formula is C19H27IN4O2S. The van der Waals surface area contributed by atoms with E-state index >= 15 is 0 Å². The van der Waals surface area contributed by atoms with Gasteiger partial charge in [0.15, 0.2) is 5.96 Å². The number of amides is 2. The summed E-state index contributed by atoms with van der Waals surface area (Å²) >= 11 is 1.98. The number of nitrogens with one attached hydrogen (secondary N) is 1. The molecule has 2 amide bonds. The van der Waals surface area contributed by atoms with Crippen LogP contribution in [0.4, 0.5) is 0 Å². The molecule has 2 aliphatic rings. The summed E-state index contributed by atoms with van der Waals surface area (Å²) in [5, 5.41) is 3.33. The van der Waals surface area contributed by atoms with Crippen LogP contribution in [0.1, 0.15) is 41.5 Å². The Morgan fingerprint density at radius 1 is 1.22 bits per heavy atom. The summed E-state index contributed by atoms with van der Waals surface area (Å²) in [4.78, 5) is 33.1. The average molecular weight is 502 g/mol. The maximum absolute atomic E-state index is 12.4. The first-order valence-electron chi connectivity index (χ1n) is 9.05. The molecule has 0 spiro atoms. The second-order valence-corrected chi connectivity index (χ2v) is 8.87. The second kappa shape index (κ2) is 9.27. The number of carbonyl (C=O) groups excluding carboxylic acids is 2. The van der Waals surface area contributed by atoms with Crippen LogP contribution in [0.5, 0.6) is 0 Å². The van der Waals surface area contributed by atoms with E-state index in [0.717, 1.165) is 31.3 Å². The Labute approximate surface area is 182 Å². The van der Waals surface area contributed by atoms with Crippen molar-refractivity contribution in [2.45, 2.75) is 25.5 Å². The van der Waals surface area contributed by atoms with Gasteiger partial charge in [-0.25, -0.2) is 0 Å². The third kappa shape index (κ3) is 4.96. The van der Waals surface area contributed by atoms with Crippen LogP contribution in [0.25, 0.3) is 0 Å². The molecule has 0 aliphatic carbocycles. The zero-order valence-electron chi connectivity index (χ0n) is 16.0. The minimum atomic E-state index is -0.221. The van der Waals surface area contributed by atoms with Gasteiger partial charge in [0.2, 0.25) is 0 Å². The quantitative estimate of drug-likeness (QED) is 0.297. The minimum Gasteiger partial charge on any atom is -0.357 e. The van der Waals surface area contributed by atoms with Crippen LogP contribution in [0.2, 0.25) is 0 Å². The predicted octanol–water partition coefficient (Wildman–Crippen LogP) is 2.69. The highest BCUT2D eigenvalue weighted by atomic mass is 127. The van der Waals surface area contributed by atoms with Gasteiger partial charge in [-0.05, 0) is 32.9 Å². The molecule has 8 heteroatoms. The molecule has 2 heterocycles. The SMILES string of the molecule is CCNC(=NCCN1C(=O)c2ccccc2C1=O)N1CCSC(C)(C)C1.I. The van der Waals surface area contributed by atoms with Gasteiger partial charge in [0.05, 0.1) is 17.7 Å². The molecule has 1 saturated heterocycles. The number of carbonyl (C=O) groups is 2. The van der Waals surface area contributed by atoms with Crippen molar-refractivity contribution in [1.82, 2.24) is 15.1 Å². The summed E-state index contributed by atoms with van der Waals surface area (Å²) in [5.41, 5.74) is 0.978. The third-order valence-electron chi connectivity index (χ3n) is 4.52. The Morgan fingerprint density at radius 2 is 1.85 bits per heavy atom. The molecule has 0 aromatic heterocycles. The second-order valence-electron chi connectivity index (χ2n) is 7.07. The zero-order chi connectivity index (χ0) is 18.7. The molecule has 148 valence electrons. The Balaban J connectivity index is 0.00000261. The molecule has 1 aromatic carbocycles. The highest BCUT2D eigenvalue weighted by Crippen LogP contribution is 2.29. The number of rotatable bonds is 4. The molecule has 0 atom stereocenters. The first-order valence-corrected chi connectivity index (χ1v) is 10.0.